The van der Waals surface area contributed by atoms with E-state index in [2.05, 4.69) is 4.74 Å². The van der Waals surface area contributed by atoms with E-state index < -0.39 is 0 Å². The summed E-state index contributed by atoms with van der Waals surface area (Å²) in [7, 11) is 6.97. The van der Waals surface area contributed by atoms with Gasteiger partial charge in [0.15, 0.2) is 0 Å². The number of ether oxygens (including phenoxy) is 2. The fourth-order valence-electron chi connectivity index (χ4n) is 0.239. The molecule has 0 aliphatic rings. The predicted molar refractivity (Wildman–Crippen MR) is 96.1 cm³/mol. The summed E-state index contributed by atoms with van der Waals surface area (Å²) in [5, 5.41) is 29.6. The van der Waals surface area contributed by atoms with Crippen molar-refractivity contribution in [3.8, 4) is 0 Å². The Hall–Kier alpha value is 1.57. The van der Waals surface area contributed by atoms with Gasteiger partial charge in [0.05, 0.1) is 11.9 Å². The van der Waals surface area contributed by atoms with Crippen LogP contribution in [-0.4, -0.2) is 77.0 Å². The van der Waals surface area contributed by atoms with Crippen molar-refractivity contribution in [2.45, 2.75) is 6.92 Å². The topological polar surface area (TPSA) is 168 Å². The number of rotatable bonds is 9. The summed E-state index contributed by atoms with van der Waals surface area (Å²) < 4.78 is 8.97. The second kappa shape index (κ2) is 71.7. The molecule has 0 atom stereocenters. The zero-order chi connectivity index (χ0) is 19.9. The number of hydrogen-bond acceptors (Lipinski definition) is 12. The Bertz CT molecular complexity index is 216. The summed E-state index contributed by atoms with van der Waals surface area (Å²) in [5.74, 6) is 1.08. The molecule has 0 aromatic heterocycles. The molecular weight excluding hydrogens is 586 g/mol. The molecule has 26 heavy (non-hydrogen) atoms. The van der Waals surface area contributed by atoms with Crippen molar-refractivity contribution in [3.63, 3.8) is 0 Å². The molecular formula is C10H18O10S4Y2-4. The Morgan fingerprint density at radius 3 is 1.35 bits per heavy atom. The zero-order valence-corrected chi connectivity index (χ0v) is 22.8. The van der Waals surface area contributed by atoms with E-state index in [4.69, 9.17) is 39.5 Å². The minimum atomic E-state index is 0. The molecule has 0 aromatic rings. The Morgan fingerprint density at radius 2 is 1.12 bits per heavy atom. The maximum absolute atomic E-state index is 9.44. The Balaban J connectivity index is -0.0000000373. The number of aliphatic hydroxyl groups excluding tert-OH is 4. The van der Waals surface area contributed by atoms with Crippen LogP contribution < -0.4 is 0 Å². The second-order valence-corrected chi connectivity index (χ2v) is 6.63. The standard InChI is InChI=1S/C4H7O3S2.C2H6O2S2.C2H3O.2CHO2.2Y/c1-6-3-8-9-4-7-2-5;3-1-5-6-2-4;1-2-3;2*2-1-3;;/h3-4H2,1H3;3-4H,1-2H2;1H3;2*(H,2,3);;/q-1;;3*-1;;. The van der Waals surface area contributed by atoms with Crippen LogP contribution in [-0.2, 0) is 94.1 Å². The van der Waals surface area contributed by atoms with E-state index in [0.29, 0.717) is 24.8 Å². The van der Waals surface area contributed by atoms with Crippen molar-refractivity contribution in [3.05, 3.63) is 0 Å². The SMILES string of the molecule is COCSSCO[C-]=O.C[C-]=O.O=[C-]O.O=[C-]O.OCSSCO.[Y].[Y]. The van der Waals surface area contributed by atoms with Crippen LogP contribution >= 0.6 is 43.2 Å². The maximum atomic E-state index is 9.44. The first-order valence-electron chi connectivity index (χ1n) is 5.07. The molecule has 0 aliphatic carbocycles. The van der Waals surface area contributed by atoms with Crippen LogP contribution in [0.15, 0.2) is 0 Å². The molecule has 0 rings (SSSR count). The van der Waals surface area contributed by atoms with E-state index in [1.807, 2.05) is 0 Å². The summed E-state index contributed by atoms with van der Waals surface area (Å²) in [6, 6.07) is 0. The number of hydrogen-bond donors (Lipinski definition) is 4. The zero-order valence-electron chi connectivity index (χ0n) is 13.9. The monoisotopic (exact) mass is 604 g/mol. The van der Waals surface area contributed by atoms with Gasteiger partial charge in [0.1, 0.15) is 11.9 Å². The third kappa shape index (κ3) is 138. The van der Waals surface area contributed by atoms with Gasteiger partial charge in [0.25, 0.3) is 0 Å². The second-order valence-electron chi connectivity index (χ2n) is 1.87. The van der Waals surface area contributed by atoms with E-state index in [0.717, 1.165) is 0 Å². The first kappa shape index (κ1) is 46.0. The molecule has 0 saturated carbocycles. The van der Waals surface area contributed by atoms with Crippen molar-refractivity contribution in [2.24, 2.45) is 0 Å². The molecule has 0 saturated heterocycles. The van der Waals surface area contributed by atoms with E-state index in [9.17, 15) is 4.79 Å². The molecule has 152 valence electrons. The van der Waals surface area contributed by atoms with Gasteiger partial charge in [-0.25, -0.2) is 0 Å². The summed E-state index contributed by atoms with van der Waals surface area (Å²) >= 11 is 0. The van der Waals surface area contributed by atoms with E-state index in [1.54, 1.807) is 7.11 Å². The summed E-state index contributed by atoms with van der Waals surface area (Å²) in [6.45, 7) is 3.64. The Morgan fingerprint density at radius 1 is 0.808 bits per heavy atom. The third-order valence-corrected chi connectivity index (χ3v) is 3.90. The van der Waals surface area contributed by atoms with Gasteiger partial charge >= 0.3 is 0 Å². The number of methoxy groups -OCH3 is 1. The molecule has 10 nitrogen and oxygen atoms in total. The molecule has 0 aromatic carbocycles. The van der Waals surface area contributed by atoms with Crippen LogP contribution in [0.5, 0.6) is 0 Å². The van der Waals surface area contributed by atoms with Gasteiger partial charge in [-0.3, -0.25) is 6.29 Å². The molecule has 0 aliphatic heterocycles. The van der Waals surface area contributed by atoms with E-state index in [1.165, 1.54) is 62.9 Å². The minimum absolute atomic E-state index is 0. The van der Waals surface area contributed by atoms with Crippen LogP contribution in [0.3, 0.4) is 0 Å². The van der Waals surface area contributed by atoms with E-state index >= 15 is 0 Å². The van der Waals surface area contributed by atoms with Crippen LogP contribution in [0.4, 0.5) is 0 Å². The van der Waals surface area contributed by atoms with Crippen molar-refractivity contribution in [1.29, 1.82) is 0 Å². The number of carbonyl (C=O) groups excluding carboxylic acids is 2. The van der Waals surface area contributed by atoms with Crippen molar-refractivity contribution >= 4 is 68.9 Å². The van der Waals surface area contributed by atoms with E-state index in [-0.39, 0.29) is 77.3 Å². The smallest absolute Gasteiger partial charge is 0.107 e. The van der Waals surface area contributed by atoms with Crippen molar-refractivity contribution in [1.82, 2.24) is 0 Å². The predicted octanol–water partition coefficient (Wildman–Crippen LogP) is 0.615. The minimum Gasteiger partial charge on any atom is -0.665 e. The third-order valence-electron chi connectivity index (χ3n) is 0.604. The first-order chi connectivity index (χ1) is 11.6. The molecule has 0 bridgehead atoms. The molecule has 0 fully saturated rings. The molecule has 0 amide bonds. The van der Waals surface area contributed by atoms with Gasteiger partial charge in [-0.1, -0.05) is 62.6 Å². The van der Waals surface area contributed by atoms with Crippen LogP contribution in [0, 0.1) is 0 Å². The molecule has 0 unspecified atom stereocenters. The van der Waals surface area contributed by atoms with Crippen molar-refractivity contribution < 1.29 is 114 Å². The molecule has 4 N–H and O–H groups in total. The normalized spacial score (nSPS) is 6.62. The first-order valence-corrected chi connectivity index (χ1v) is 10.0. The fourth-order valence-corrected chi connectivity index (χ4v) is 2.00. The number of aliphatic hydroxyl groups is 2. The average molecular weight is 604 g/mol. The van der Waals surface area contributed by atoms with Crippen molar-refractivity contribution in [2.75, 3.05) is 30.9 Å². The Labute approximate surface area is 218 Å². The summed E-state index contributed by atoms with van der Waals surface area (Å²) in [6.07, 6.45) is 1.50. The molecule has 16 heteroatoms. The molecule has 2 radical (unpaired) electrons. The van der Waals surface area contributed by atoms with Gasteiger partial charge in [0.2, 0.25) is 0 Å². The van der Waals surface area contributed by atoms with Gasteiger partial charge in [-0.05, 0) is 0 Å². The molecule has 0 spiro atoms. The summed E-state index contributed by atoms with van der Waals surface area (Å²) in [4.78, 5) is 34.6. The Kier molecular flexibility index (Phi) is 127. The van der Waals surface area contributed by atoms with Crippen LogP contribution in [0.2, 0.25) is 0 Å². The van der Waals surface area contributed by atoms with Gasteiger partial charge in [-0.2, -0.15) is 6.92 Å². The average Bonchev–Trinajstić information content (AvgIpc) is 2.56. The largest absolute Gasteiger partial charge is 0.665 e. The van der Waals surface area contributed by atoms with Gasteiger partial charge in [0, 0.05) is 72.5 Å². The van der Waals surface area contributed by atoms with Crippen LogP contribution in [0.1, 0.15) is 6.92 Å². The van der Waals surface area contributed by atoms with Gasteiger partial charge < -0.3 is 49.1 Å². The van der Waals surface area contributed by atoms with Gasteiger partial charge in [-0.15, -0.1) is 0 Å². The fraction of sp³-hybridized carbons (Fsp3) is 0.600. The quantitative estimate of drug-likeness (QED) is 0.125. The summed E-state index contributed by atoms with van der Waals surface area (Å²) in [5.41, 5.74) is 0. The van der Waals surface area contributed by atoms with Crippen LogP contribution in [0.25, 0.3) is 0 Å². The molecule has 0 heterocycles. The maximum Gasteiger partial charge on any atom is 0.107 e.